The van der Waals surface area contributed by atoms with Crippen molar-refractivity contribution >= 4 is 51.4 Å². The quantitative estimate of drug-likeness (QED) is 0.213. The third-order valence-electron chi connectivity index (χ3n) is 1.63. The molecule has 0 aliphatic heterocycles. The van der Waals surface area contributed by atoms with Crippen LogP contribution in [-0.2, 0) is 0 Å². The summed E-state index contributed by atoms with van der Waals surface area (Å²) >= 11 is 3.11. The molecule has 0 atom stereocenters. The van der Waals surface area contributed by atoms with E-state index in [-0.39, 0.29) is 0 Å². The van der Waals surface area contributed by atoms with Crippen LogP contribution in [0.4, 0.5) is 23.2 Å². The van der Waals surface area contributed by atoms with E-state index < -0.39 is 34.5 Å². The number of rotatable bonds is 1. The Balaban J connectivity index is 3.60. The lowest BCUT2D eigenvalue weighted by Gasteiger charge is -2.12. The largest absolute Gasteiger partial charge is 0.249 e. The molecule has 0 aliphatic carbocycles. The van der Waals surface area contributed by atoms with Gasteiger partial charge in [0.05, 0.1) is 45.7 Å². The summed E-state index contributed by atoms with van der Waals surface area (Å²) < 4.78 is 53.0. The number of hydrogen-bond donors (Lipinski definition) is 0. The van der Waals surface area contributed by atoms with Gasteiger partial charge in [-0.25, -0.2) is 18.9 Å². The first-order valence-electron chi connectivity index (χ1n) is 3.32. The molecule has 14 heavy (non-hydrogen) atoms. The first-order valence-corrected chi connectivity index (χ1v) is 5.25. The summed E-state index contributed by atoms with van der Waals surface area (Å²) in [6.07, 6.45) is 0. The predicted molar refractivity (Wildman–Crippen MR) is 61.5 cm³/mol. The smallest absolute Gasteiger partial charge is 0.197 e. The van der Waals surface area contributed by atoms with Gasteiger partial charge in [0.2, 0.25) is 0 Å². The van der Waals surface area contributed by atoms with Crippen LogP contribution in [0.1, 0.15) is 5.56 Å². The number of nitrogens with zero attached hydrogens (tertiary/aromatic N) is 1. The van der Waals surface area contributed by atoms with Crippen LogP contribution in [0.2, 0.25) is 0 Å². The Labute approximate surface area is 105 Å². The minimum atomic E-state index is -1.66. The third-order valence-corrected chi connectivity index (χ3v) is 2.59. The molecule has 0 radical (unpaired) electrons. The van der Waals surface area contributed by atoms with Gasteiger partial charge in [-0.3, -0.25) is 0 Å². The summed E-state index contributed by atoms with van der Waals surface area (Å²) in [5, 5.41) is 0. The molecule has 1 aromatic carbocycles. The molecule has 0 saturated carbocycles. The van der Waals surface area contributed by atoms with Gasteiger partial charge in [0, 0.05) is 5.56 Å². The van der Waals surface area contributed by atoms with Crippen molar-refractivity contribution in [2.45, 2.75) is 6.92 Å². The SMILES string of the molecule is Cc1c(F)c(F)c(F)c(N(I)I)c1F. The molecule has 0 amide bonds. The van der Waals surface area contributed by atoms with Crippen LogP contribution in [0.15, 0.2) is 0 Å². The molecule has 0 spiro atoms. The second-order valence-electron chi connectivity index (χ2n) is 2.46. The predicted octanol–water partition coefficient (Wildman–Crippen LogP) is 4.06. The monoisotopic (exact) mass is 431 g/mol. The Bertz CT molecular complexity index is 351. The lowest BCUT2D eigenvalue weighted by Crippen LogP contribution is -2.06. The van der Waals surface area contributed by atoms with Crippen LogP contribution < -0.4 is 1.33 Å². The second kappa shape index (κ2) is 4.37. The molecule has 0 saturated heterocycles. The van der Waals surface area contributed by atoms with Gasteiger partial charge in [-0.15, -0.1) is 0 Å². The second-order valence-corrected chi connectivity index (χ2v) is 6.24. The van der Waals surface area contributed by atoms with E-state index in [1.165, 1.54) is 0 Å². The molecule has 0 fully saturated rings. The number of anilines is 1. The Morgan fingerprint density at radius 3 is 1.79 bits per heavy atom. The van der Waals surface area contributed by atoms with Crippen molar-refractivity contribution in [3.63, 3.8) is 0 Å². The van der Waals surface area contributed by atoms with Crippen LogP contribution in [0, 0.1) is 30.2 Å². The Morgan fingerprint density at radius 2 is 1.36 bits per heavy atom. The highest BCUT2D eigenvalue weighted by Crippen LogP contribution is 2.34. The fraction of sp³-hybridized carbons (Fsp3) is 0.143. The standard InChI is InChI=1S/C7H3F4I2N/c1-2-3(8)5(10)6(11)7(4(2)9)14(12)13/h1H3. The maximum Gasteiger partial charge on any atom is 0.197 e. The molecule has 0 heterocycles. The maximum absolute atomic E-state index is 13.3. The van der Waals surface area contributed by atoms with E-state index in [0.717, 1.165) is 8.25 Å². The van der Waals surface area contributed by atoms with Crippen molar-refractivity contribution in [2.24, 2.45) is 0 Å². The van der Waals surface area contributed by atoms with E-state index >= 15 is 0 Å². The molecule has 0 unspecified atom stereocenters. The van der Waals surface area contributed by atoms with E-state index in [9.17, 15) is 17.6 Å². The van der Waals surface area contributed by atoms with Crippen LogP contribution in [-0.4, -0.2) is 0 Å². The van der Waals surface area contributed by atoms with Gasteiger partial charge in [-0.05, 0) is 6.92 Å². The molecule has 1 rings (SSSR count). The van der Waals surface area contributed by atoms with Crippen LogP contribution in [0.25, 0.3) is 0 Å². The van der Waals surface area contributed by atoms with Gasteiger partial charge in [-0.2, -0.15) is 0 Å². The maximum atomic E-state index is 13.3. The van der Waals surface area contributed by atoms with Crippen molar-refractivity contribution in [3.8, 4) is 0 Å². The highest BCUT2D eigenvalue weighted by Gasteiger charge is 2.25. The Kier molecular flexibility index (Phi) is 3.83. The summed E-state index contributed by atoms with van der Waals surface area (Å²) in [6, 6.07) is 0. The van der Waals surface area contributed by atoms with E-state index in [0.29, 0.717) is 0 Å². The molecule has 78 valence electrons. The zero-order valence-corrected chi connectivity index (χ0v) is 11.0. The zero-order valence-electron chi connectivity index (χ0n) is 6.72. The summed E-state index contributed by atoms with van der Waals surface area (Å²) in [7, 11) is 0. The molecule has 7 heteroatoms. The van der Waals surface area contributed by atoms with Crippen molar-refractivity contribution < 1.29 is 17.6 Å². The summed E-state index contributed by atoms with van der Waals surface area (Å²) in [5.41, 5.74) is -1.13. The first-order chi connectivity index (χ1) is 6.37. The molecule has 1 nitrogen and oxygen atoms in total. The third kappa shape index (κ3) is 1.92. The summed E-state index contributed by atoms with van der Waals surface area (Å²) in [6.45, 7) is 1.05. The van der Waals surface area contributed by atoms with Gasteiger partial charge in [0.15, 0.2) is 23.3 Å². The van der Waals surface area contributed by atoms with Gasteiger partial charge in [0.25, 0.3) is 0 Å². The fourth-order valence-corrected chi connectivity index (χ4v) is 1.73. The van der Waals surface area contributed by atoms with Crippen molar-refractivity contribution in [2.75, 3.05) is 1.33 Å². The topological polar surface area (TPSA) is 3.24 Å². The Morgan fingerprint density at radius 1 is 0.857 bits per heavy atom. The van der Waals surface area contributed by atoms with Gasteiger partial charge in [-0.1, -0.05) is 0 Å². The highest BCUT2D eigenvalue weighted by molar-refractivity contribution is 14.2. The average molecular weight is 431 g/mol. The molecular formula is C7H3F4I2N. The lowest BCUT2D eigenvalue weighted by molar-refractivity contribution is 0.432. The molecule has 0 N–H and O–H groups in total. The minimum absolute atomic E-state index is 0.530. The van der Waals surface area contributed by atoms with Gasteiger partial charge < -0.3 is 0 Å². The normalized spacial score (nSPS) is 10.5. The molecule has 0 aliphatic rings. The number of hydrogen-bond acceptors (Lipinski definition) is 1. The van der Waals surface area contributed by atoms with Crippen molar-refractivity contribution in [1.82, 2.24) is 0 Å². The number of benzene rings is 1. The molecular weight excluding hydrogens is 428 g/mol. The van der Waals surface area contributed by atoms with E-state index in [2.05, 4.69) is 0 Å². The lowest BCUT2D eigenvalue weighted by atomic mass is 10.2. The Hall–Kier alpha value is 0.200. The molecule has 0 aromatic heterocycles. The molecule has 0 bridgehead atoms. The van der Waals surface area contributed by atoms with Gasteiger partial charge >= 0.3 is 0 Å². The highest BCUT2D eigenvalue weighted by atomic mass is 127. The van der Waals surface area contributed by atoms with E-state index in [4.69, 9.17) is 0 Å². The van der Waals surface area contributed by atoms with Crippen LogP contribution >= 0.6 is 45.7 Å². The first kappa shape index (κ1) is 12.3. The fourth-order valence-electron chi connectivity index (χ4n) is 0.884. The van der Waals surface area contributed by atoms with E-state index in [1.807, 2.05) is 0 Å². The zero-order chi connectivity index (χ0) is 11.0. The average Bonchev–Trinajstić information content (AvgIpc) is 2.11. The number of halogens is 6. The molecule has 1 aromatic rings. The van der Waals surface area contributed by atoms with Crippen LogP contribution in [0.5, 0.6) is 0 Å². The minimum Gasteiger partial charge on any atom is -0.249 e. The van der Waals surface area contributed by atoms with E-state index in [1.54, 1.807) is 45.7 Å². The summed E-state index contributed by atoms with van der Waals surface area (Å²) in [4.78, 5) is 0. The van der Waals surface area contributed by atoms with Crippen molar-refractivity contribution in [1.29, 1.82) is 0 Å². The summed E-state index contributed by atoms with van der Waals surface area (Å²) in [5.74, 6) is -5.75. The van der Waals surface area contributed by atoms with Gasteiger partial charge in [0.1, 0.15) is 5.69 Å². The van der Waals surface area contributed by atoms with Crippen molar-refractivity contribution in [3.05, 3.63) is 28.8 Å². The van der Waals surface area contributed by atoms with Crippen LogP contribution in [0.3, 0.4) is 0 Å².